The topological polar surface area (TPSA) is 61.9 Å². The van der Waals surface area contributed by atoms with E-state index in [1.807, 2.05) is 12.1 Å². The molecular formula is C26H25Cl2N3O3. The number of rotatable bonds is 6. The molecule has 4 rings (SSSR count). The SMILES string of the molecule is COC(=O)c1ccc(N2CCN(Cc3ccccc3)CC2)c(NC(=O)c2ccc(Cl)c(Cl)c2)c1. The van der Waals surface area contributed by atoms with Gasteiger partial charge in [-0.05, 0) is 42.0 Å². The molecule has 3 aromatic carbocycles. The summed E-state index contributed by atoms with van der Waals surface area (Å²) in [6.07, 6.45) is 0. The van der Waals surface area contributed by atoms with Crippen molar-refractivity contribution in [3.8, 4) is 0 Å². The quantitative estimate of drug-likeness (QED) is 0.464. The summed E-state index contributed by atoms with van der Waals surface area (Å²) in [6, 6.07) is 20.3. The zero-order valence-electron chi connectivity index (χ0n) is 18.8. The van der Waals surface area contributed by atoms with Crippen LogP contribution in [-0.2, 0) is 11.3 Å². The first-order valence-corrected chi connectivity index (χ1v) is 11.7. The van der Waals surface area contributed by atoms with Gasteiger partial charge in [0, 0.05) is 38.3 Å². The standard InChI is InChI=1S/C26H25Cl2N3O3/c1-34-26(33)20-8-10-24(23(16-20)29-25(32)19-7-9-21(27)22(28)15-19)31-13-11-30(12-14-31)17-18-5-3-2-4-6-18/h2-10,15-16H,11-14,17H2,1H3,(H,29,32). The van der Waals surface area contributed by atoms with Gasteiger partial charge in [0.2, 0.25) is 0 Å². The Hall–Kier alpha value is -3.06. The number of halogens is 2. The molecule has 0 atom stereocenters. The molecule has 1 aliphatic heterocycles. The Labute approximate surface area is 209 Å². The molecule has 176 valence electrons. The fraction of sp³-hybridized carbons (Fsp3) is 0.231. The van der Waals surface area contributed by atoms with Gasteiger partial charge in [-0.3, -0.25) is 9.69 Å². The molecule has 3 aromatic rings. The lowest BCUT2D eigenvalue weighted by atomic mass is 10.1. The van der Waals surface area contributed by atoms with Gasteiger partial charge in [-0.25, -0.2) is 4.79 Å². The molecule has 6 nitrogen and oxygen atoms in total. The molecule has 0 spiro atoms. The first-order valence-electron chi connectivity index (χ1n) is 10.9. The maximum atomic E-state index is 13.0. The van der Waals surface area contributed by atoms with Crippen LogP contribution in [0.15, 0.2) is 66.7 Å². The summed E-state index contributed by atoms with van der Waals surface area (Å²) in [5.41, 5.74) is 3.40. The average molecular weight is 498 g/mol. The summed E-state index contributed by atoms with van der Waals surface area (Å²) < 4.78 is 4.86. The Kier molecular flexibility index (Phi) is 7.73. The lowest BCUT2D eigenvalue weighted by Gasteiger charge is -2.37. The van der Waals surface area contributed by atoms with Gasteiger partial charge in [-0.2, -0.15) is 0 Å². The molecule has 0 aliphatic carbocycles. The highest BCUT2D eigenvalue weighted by Crippen LogP contribution is 2.30. The highest BCUT2D eigenvalue weighted by atomic mass is 35.5. The van der Waals surface area contributed by atoms with Crippen LogP contribution in [0.5, 0.6) is 0 Å². The largest absolute Gasteiger partial charge is 0.465 e. The van der Waals surface area contributed by atoms with Gasteiger partial charge in [0.15, 0.2) is 0 Å². The molecule has 0 saturated carbocycles. The van der Waals surface area contributed by atoms with Crippen LogP contribution in [0.2, 0.25) is 10.0 Å². The highest BCUT2D eigenvalue weighted by molar-refractivity contribution is 6.42. The van der Waals surface area contributed by atoms with Crippen molar-refractivity contribution < 1.29 is 14.3 Å². The molecule has 1 aliphatic rings. The van der Waals surface area contributed by atoms with Crippen molar-refractivity contribution in [3.05, 3.63) is 93.5 Å². The molecule has 0 radical (unpaired) electrons. The van der Waals surface area contributed by atoms with E-state index in [4.69, 9.17) is 27.9 Å². The van der Waals surface area contributed by atoms with E-state index in [0.717, 1.165) is 38.4 Å². The number of carbonyl (C=O) groups is 2. The van der Waals surface area contributed by atoms with Crippen LogP contribution >= 0.6 is 23.2 Å². The summed E-state index contributed by atoms with van der Waals surface area (Å²) in [4.78, 5) is 29.7. The minimum absolute atomic E-state index is 0.299. The Bertz CT molecular complexity index is 1180. The minimum atomic E-state index is -0.468. The maximum absolute atomic E-state index is 13.0. The number of esters is 1. The van der Waals surface area contributed by atoms with Gasteiger partial charge in [0.1, 0.15) is 0 Å². The van der Waals surface area contributed by atoms with Crippen molar-refractivity contribution in [2.75, 3.05) is 43.5 Å². The van der Waals surface area contributed by atoms with Gasteiger partial charge in [-0.1, -0.05) is 53.5 Å². The number of methoxy groups -OCH3 is 1. The van der Waals surface area contributed by atoms with Crippen LogP contribution in [0.3, 0.4) is 0 Å². The van der Waals surface area contributed by atoms with Gasteiger partial charge < -0.3 is 15.0 Å². The highest BCUT2D eigenvalue weighted by Gasteiger charge is 2.22. The number of nitrogens with zero attached hydrogens (tertiary/aromatic N) is 2. The Balaban J connectivity index is 1.53. The third-order valence-electron chi connectivity index (χ3n) is 5.81. The van der Waals surface area contributed by atoms with Gasteiger partial charge >= 0.3 is 5.97 Å². The lowest BCUT2D eigenvalue weighted by Crippen LogP contribution is -2.46. The van der Waals surface area contributed by atoms with Crippen LogP contribution in [0.1, 0.15) is 26.3 Å². The summed E-state index contributed by atoms with van der Waals surface area (Å²) >= 11 is 12.1. The van der Waals surface area contributed by atoms with Crippen LogP contribution in [0.4, 0.5) is 11.4 Å². The van der Waals surface area contributed by atoms with Crippen molar-refractivity contribution in [2.45, 2.75) is 6.54 Å². The van der Waals surface area contributed by atoms with E-state index >= 15 is 0 Å². The normalized spacial score (nSPS) is 14.0. The first-order chi connectivity index (χ1) is 16.4. The number of hydrogen-bond donors (Lipinski definition) is 1. The summed E-state index contributed by atoms with van der Waals surface area (Å²) in [7, 11) is 1.33. The lowest BCUT2D eigenvalue weighted by molar-refractivity contribution is 0.0600. The number of benzene rings is 3. The zero-order chi connectivity index (χ0) is 24.1. The Morgan fingerprint density at radius 1 is 0.882 bits per heavy atom. The van der Waals surface area contributed by atoms with Gasteiger partial charge in [0.05, 0.1) is 34.1 Å². The molecule has 1 heterocycles. The minimum Gasteiger partial charge on any atom is -0.465 e. The van der Waals surface area contributed by atoms with Crippen molar-refractivity contribution in [3.63, 3.8) is 0 Å². The molecule has 0 bridgehead atoms. The van der Waals surface area contributed by atoms with Crippen molar-refractivity contribution in [1.82, 2.24) is 4.90 Å². The number of ether oxygens (including phenoxy) is 1. The zero-order valence-corrected chi connectivity index (χ0v) is 20.3. The number of piperazine rings is 1. The molecule has 8 heteroatoms. The fourth-order valence-corrected chi connectivity index (χ4v) is 4.28. The Morgan fingerprint density at radius 2 is 1.59 bits per heavy atom. The maximum Gasteiger partial charge on any atom is 0.337 e. The Morgan fingerprint density at radius 3 is 2.26 bits per heavy atom. The molecule has 1 saturated heterocycles. The van der Waals surface area contributed by atoms with E-state index in [9.17, 15) is 9.59 Å². The second kappa shape index (κ2) is 10.9. The fourth-order valence-electron chi connectivity index (χ4n) is 3.98. The number of amides is 1. The average Bonchev–Trinajstić information content (AvgIpc) is 2.86. The number of nitrogens with one attached hydrogen (secondary N) is 1. The number of carbonyl (C=O) groups excluding carboxylic acids is 2. The second-order valence-corrected chi connectivity index (χ2v) is 8.87. The van der Waals surface area contributed by atoms with E-state index in [-0.39, 0.29) is 5.91 Å². The molecular weight excluding hydrogens is 473 g/mol. The van der Waals surface area contributed by atoms with Crippen LogP contribution in [0, 0.1) is 0 Å². The number of hydrogen-bond acceptors (Lipinski definition) is 5. The van der Waals surface area contributed by atoms with E-state index in [0.29, 0.717) is 26.9 Å². The molecule has 1 amide bonds. The molecule has 0 unspecified atom stereocenters. The predicted octanol–water partition coefficient (Wildman–Crippen LogP) is 5.35. The molecule has 0 aromatic heterocycles. The van der Waals surface area contributed by atoms with Crippen LogP contribution in [0.25, 0.3) is 0 Å². The second-order valence-electron chi connectivity index (χ2n) is 8.06. The van der Waals surface area contributed by atoms with Crippen molar-refractivity contribution >= 4 is 46.5 Å². The van der Waals surface area contributed by atoms with E-state index < -0.39 is 5.97 Å². The summed E-state index contributed by atoms with van der Waals surface area (Å²) in [5, 5.41) is 3.61. The van der Waals surface area contributed by atoms with Crippen LogP contribution in [-0.4, -0.2) is 50.1 Å². The van der Waals surface area contributed by atoms with Gasteiger partial charge in [0.25, 0.3) is 5.91 Å². The smallest absolute Gasteiger partial charge is 0.337 e. The van der Waals surface area contributed by atoms with Crippen molar-refractivity contribution in [2.24, 2.45) is 0 Å². The monoisotopic (exact) mass is 497 g/mol. The van der Waals surface area contributed by atoms with E-state index in [2.05, 4.69) is 39.4 Å². The predicted molar refractivity (Wildman–Crippen MR) is 136 cm³/mol. The third-order valence-corrected chi connectivity index (χ3v) is 6.55. The van der Waals surface area contributed by atoms with Crippen molar-refractivity contribution in [1.29, 1.82) is 0 Å². The summed E-state index contributed by atoms with van der Waals surface area (Å²) in [5.74, 6) is -0.811. The summed E-state index contributed by atoms with van der Waals surface area (Å²) in [6.45, 7) is 4.25. The van der Waals surface area contributed by atoms with Crippen LogP contribution < -0.4 is 10.2 Å². The molecule has 1 fully saturated rings. The molecule has 34 heavy (non-hydrogen) atoms. The third kappa shape index (κ3) is 5.70. The molecule has 1 N–H and O–H groups in total. The first kappa shape index (κ1) is 24.1. The van der Waals surface area contributed by atoms with E-state index in [1.165, 1.54) is 18.7 Å². The van der Waals surface area contributed by atoms with Gasteiger partial charge in [-0.15, -0.1) is 0 Å². The van der Waals surface area contributed by atoms with E-state index in [1.54, 1.807) is 24.3 Å². The number of anilines is 2.